The van der Waals surface area contributed by atoms with Gasteiger partial charge in [-0.05, 0) is 52.7 Å². The maximum Gasteiger partial charge on any atom is 1.00 e. The van der Waals surface area contributed by atoms with E-state index in [1.54, 1.807) is 51.0 Å². The van der Waals surface area contributed by atoms with Crippen molar-refractivity contribution >= 4 is 96.6 Å². The molecule has 6 aromatic carbocycles. The Balaban J connectivity index is 0.000000236. The molecule has 26 nitrogen and oxygen atoms in total. The number of aldehydes is 1. The van der Waals surface area contributed by atoms with Crippen LogP contribution in [0, 0.1) is 69.8 Å². The summed E-state index contributed by atoms with van der Waals surface area (Å²) in [5.74, 6) is -21.3. The summed E-state index contributed by atoms with van der Waals surface area (Å²) in [7, 11) is -1.00. The van der Waals surface area contributed by atoms with Crippen LogP contribution in [-0.4, -0.2) is 153 Å². The molecule has 130 heavy (non-hydrogen) atoms. The molecule has 0 aliphatic carbocycles. The molecule has 9 aromatic rings. The number of aromatic carboxylic acids is 1. The van der Waals surface area contributed by atoms with Gasteiger partial charge in [0.05, 0.1) is 32.2 Å². The molecule has 3 radical (unpaired) electrons. The summed E-state index contributed by atoms with van der Waals surface area (Å²) < 4.78 is 191. The minimum Gasteiger partial charge on any atom is -1.00 e. The van der Waals surface area contributed by atoms with E-state index in [1.807, 2.05) is 112 Å². The fourth-order valence-corrected chi connectivity index (χ4v) is 14.1. The number of alkyl halides is 1. The normalized spacial score (nSPS) is 17.0. The van der Waals surface area contributed by atoms with E-state index in [1.165, 1.54) is 31.3 Å². The zero-order valence-electron chi connectivity index (χ0n) is 71.1. The number of nitrogens with zero attached hydrogens (tertiary/aromatic N) is 9. The minimum atomic E-state index is -1.38. The van der Waals surface area contributed by atoms with E-state index in [-0.39, 0.29) is 156 Å². The number of halogens is 17. The molecule has 0 fully saturated rings. The molecule has 45 heteroatoms. The number of hydrogen-bond donors (Lipinski definition) is 5. The van der Waals surface area contributed by atoms with E-state index >= 15 is 0 Å². The first kappa shape index (κ1) is 102. The molecule has 0 saturated carbocycles. The van der Waals surface area contributed by atoms with E-state index < -0.39 is 201 Å². The number of fused-ring (bicyclic) bond motifs is 12. The van der Waals surface area contributed by atoms with Crippen molar-refractivity contribution in [3.63, 3.8) is 0 Å². The topological polar surface area (TPSA) is 314 Å². The molecule has 15 rings (SSSR count). The molecule has 0 saturated heterocycles. The SMILES string of the molecule is C[C@@H]1C=C[C@H](C)N2CN1n1cc(C(=O)NCc3c(F)cc(F)c(Cl)c3F)c(=O)c(O)c1C2=O.C[C@@H]1C=C[C@H](C)N2CN1n1cc(C(=O)NCc3c(F)cc(F)c(Cl)c3F)c(=O)c(OCc3ccccc3)c1C2=O.C[C@@H]1C=C[C@H](C)N2CN1n1cc(C(=O)O)c(=O)c(OCc3ccccc3)c1C2=O.NCc1c(F)cc(F)c(Cl)c1F.O=Cc1c(F)cc(F)c(Cl)c1F.[2H]CF.[B].[H-].[Na+]. The molecular weight excluding hydrogens is 1840 g/mol. The molecule has 3 aromatic heterocycles. The van der Waals surface area contributed by atoms with Crippen molar-refractivity contribution in [3.05, 3.63) is 328 Å². The number of amides is 5. The number of ether oxygens (including phenoxy) is 2. The van der Waals surface area contributed by atoms with Crippen LogP contribution >= 0.6 is 46.4 Å². The predicted molar refractivity (Wildman–Crippen MR) is 449 cm³/mol. The van der Waals surface area contributed by atoms with E-state index in [0.717, 1.165) is 17.3 Å². The summed E-state index contributed by atoms with van der Waals surface area (Å²) in [5.41, 5.74) is -0.629. The van der Waals surface area contributed by atoms with Crippen LogP contribution in [0.4, 0.5) is 57.1 Å². The Hall–Kier alpha value is -12.0. The second-order valence-electron chi connectivity index (χ2n) is 28.6. The van der Waals surface area contributed by atoms with Crippen molar-refractivity contribution in [3.8, 4) is 17.2 Å². The number of carboxylic acids is 1. The maximum atomic E-state index is 14.4. The standard InChI is InChI=1S/C28H24ClF3N4O4.C21H18ClF3N4O4.C21H21N3O5.C7H5ClF3N.C7H2ClF3O.CH3F.B.Na.H/c1-15-8-9-16(2)36-14-34(15)28(39)24-26(40-13-17-6-4-3-5-7-17)25(37)19(12-35(24)36)27(38)33-11-18-20(30)10-21(31)22(29)23(18)32;1-9-3-4-10(2)29-8-27(9)21(33)17-19(31)18(30)12(7-28(17)29)20(32)26-6-11-13(23)5-14(24)15(22)16(11)25;1-13-8-9-14(2)24-12-22(13)20(26)17-19(29-11-15-6-4-3-5-7-15)18(25)16(21(27)28)10-23(17)24;2*8-6-5(10)1-4(9)3(2-12)7(6)11;1-2;;;/h3-10,12,15-16H,11,13-14H2,1-2H3,(H,33,38);3-5,7,9-10,31H,6,8H2,1-2H3,(H,26,32);3-10,13-14H,11-12H2,1-2H3,(H,27,28);1H,2,12H2;1-2H;1H3;;;/q;;;;;;;+1;-1/t15-,16+;9-,10+;13-,14+;;;;;;/m000....../s1/i;;;;;1D;;;. The number of nitrogens with one attached hydrogen (secondary N) is 2. The second-order valence-corrected chi connectivity index (χ2v) is 30.1. The molecule has 6 aliphatic heterocycles. The van der Waals surface area contributed by atoms with Gasteiger partial charge in [0.15, 0.2) is 63.9 Å². The third-order valence-electron chi connectivity index (χ3n) is 20.6. The van der Waals surface area contributed by atoms with Gasteiger partial charge in [0.2, 0.25) is 16.3 Å². The van der Waals surface area contributed by atoms with Crippen LogP contribution in [0.25, 0.3) is 0 Å². The first-order valence-electron chi connectivity index (χ1n) is 38.5. The monoisotopic (exact) mass is 1910 g/mol. The van der Waals surface area contributed by atoms with Crippen molar-refractivity contribution in [2.75, 3.05) is 42.2 Å². The smallest absolute Gasteiger partial charge is 1.00 e. The summed E-state index contributed by atoms with van der Waals surface area (Å²) in [6, 6.07) is 18.5. The number of aromatic hydroxyl groups is 1. The van der Waals surface area contributed by atoms with Crippen molar-refractivity contribution < 1.29 is 143 Å². The quantitative estimate of drug-likeness (QED) is 0.0159. The third kappa shape index (κ3) is 21.5. The summed E-state index contributed by atoms with van der Waals surface area (Å²) in [4.78, 5) is 131. The van der Waals surface area contributed by atoms with Crippen molar-refractivity contribution in [2.24, 2.45) is 5.73 Å². The molecule has 6 N–H and O–H groups in total. The summed E-state index contributed by atoms with van der Waals surface area (Å²) >= 11 is 21.2. The summed E-state index contributed by atoms with van der Waals surface area (Å²) in [5, 5.41) is 26.3. The Morgan fingerprint density at radius 1 is 0.477 bits per heavy atom. The molecule has 6 bridgehead atoms. The van der Waals surface area contributed by atoms with Gasteiger partial charge in [0.25, 0.3) is 29.5 Å². The van der Waals surface area contributed by atoms with Crippen LogP contribution in [0.15, 0.2) is 154 Å². The van der Waals surface area contributed by atoms with Crippen LogP contribution < -0.4 is 86.7 Å². The molecular formula is C85H74BCl4F13N12NaO14. The molecule has 0 spiro atoms. The van der Waals surface area contributed by atoms with Crippen LogP contribution in [-0.2, 0) is 32.8 Å². The first-order valence-corrected chi connectivity index (χ1v) is 39.4. The average Bonchev–Trinajstić information content (AvgIpc) is 1.26. The summed E-state index contributed by atoms with van der Waals surface area (Å²) in [6.07, 6.45) is 14.8. The number of carbonyl (C=O) groups is 7. The number of aromatic nitrogens is 3. The zero-order valence-corrected chi connectivity index (χ0v) is 74.1. The van der Waals surface area contributed by atoms with Crippen molar-refractivity contribution in [1.82, 2.24) is 39.4 Å². The number of rotatable bonds is 15. The van der Waals surface area contributed by atoms with Gasteiger partial charge in [-0.15, -0.1) is 0 Å². The molecule has 6 aliphatic rings. The van der Waals surface area contributed by atoms with Crippen molar-refractivity contribution in [2.45, 2.75) is 111 Å². The van der Waals surface area contributed by atoms with Crippen LogP contribution in [0.5, 0.6) is 17.2 Å². The second kappa shape index (κ2) is 44.0. The molecule has 6 atom stereocenters. The minimum absolute atomic E-state index is 0. The van der Waals surface area contributed by atoms with Crippen LogP contribution in [0.1, 0.15) is 145 Å². The van der Waals surface area contributed by atoms with Crippen LogP contribution in [0.3, 0.4) is 0 Å². The average molecular weight is 1910 g/mol. The number of carboxylic acid groups (broad SMARTS) is 1. The van der Waals surface area contributed by atoms with Gasteiger partial charge in [-0.25, -0.2) is 57.5 Å². The van der Waals surface area contributed by atoms with Gasteiger partial charge >= 0.3 is 35.5 Å². The Labute approximate surface area is 777 Å². The van der Waals surface area contributed by atoms with Gasteiger partial charge in [0.1, 0.15) is 117 Å². The van der Waals surface area contributed by atoms with Gasteiger partial charge in [-0.2, -0.15) is 0 Å². The number of pyridine rings is 3. The van der Waals surface area contributed by atoms with Crippen molar-refractivity contribution in [1.29, 1.82) is 0 Å². The fourth-order valence-electron chi connectivity index (χ4n) is 13.5. The summed E-state index contributed by atoms with van der Waals surface area (Å²) in [6.45, 7) is 9.95. The Morgan fingerprint density at radius 3 is 1.13 bits per heavy atom. The van der Waals surface area contributed by atoms with Gasteiger partial charge < -0.3 is 52.2 Å². The Morgan fingerprint density at radius 2 is 0.777 bits per heavy atom. The molecule has 681 valence electrons. The Bertz CT molecular complexity index is 6230. The van der Waals surface area contributed by atoms with E-state index in [0.29, 0.717) is 24.3 Å². The van der Waals surface area contributed by atoms with Gasteiger partial charge in [-0.1, -0.05) is 144 Å². The fraction of sp³-hybridized carbons (Fsp3) is 0.247. The molecule has 9 heterocycles. The zero-order chi connectivity index (χ0) is 94.9. The number of hydrogen-bond acceptors (Lipinski definition) is 17. The predicted octanol–water partition coefficient (Wildman–Crippen LogP) is 10.3. The third-order valence-corrected chi connectivity index (χ3v) is 22.0. The molecule has 5 amide bonds. The van der Waals surface area contributed by atoms with Crippen LogP contribution in [0.2, 0.25) is 20.1 Å². The van der Waals surface area contributed by atoms with E-state index in [9.17, 15) is 115 Å². The Kier molecular flexibility index (Phi) is 34.5. The first-order chi connectivity index (χ1) is 61.0. The maximum absolute atomic E-state index is 14.4. The molecule has 0 unspecified atom stereocenters. The number of benzene rings is 6. The number of nitrogens with two attached hydrogens (primary N) is 1. The van der Waals surface area contributed by atoms with Gasteiger partial charge in [-0.3, -0.25) is 76.6 Å². The van der Waals surface area contributed by atoms with E-state index in [2.05, 4.69) is 10.6 Å². The van der Waals surface area contributed by atoms with Gasteiger partial charge in [0, 0.05) is 106 Å². The largest absolute Gasteiger partial charge is 1.00 e. The number of carbonyl (C=O) groups excluding carboxylic acids is 6. The van der Waals surface area contributed by atoms with E-state index in [4.69, 9.17) is 63.0 Å².